The number of aromatic nitrogens is 1. The summed E-state index contributed by atoms with van der Waals surface area (Å²) in [6, 6.07) is 1.60. The average molecular weight is 289 g/mol. The van der Waals surface area contributed by atoms with Gasteiger partial charge < -0.3 is 4.98 Å². The number of Topliss-reactive ketones (excluding diaryl/α,β-unsaturated/α-hetero) is 1. The predicted octanol–water partition coefficient (Wildman–Crippen LogP) is 4.65. The zero-order valence-corrected chi connectivity index (χ0v) is 11.0. The number of halogens is 3. The molecule has 1 aromatic heterocycles. The minimum Gasteiger partial charge on any atom is -0.351 e. The monoisotopic (exact) mass is 287 g/mol. The second-order valence-corrected chi connectivity index (χ2v) is 5.35. The molecule has 0 spiro atoms. The average Bonchev–Trinajstić information content (AvgIpc) is 2.68. The zero-order valence-electron chi connectivity index (χ0n) is 8.74. The van der Waals surface area contributed by atoms with E-state index in [2.05, 4.69) is 4.98 Å². The molecule has 0 bridgehead atoms. The van der Waals surface area contributed by atoms with Crippen LogP contribution in [-0.2, 0) is 6.42 Å². The number of nitrogens with one attached hydrogen (secondary N) is 1. The lowest BCUT2D eigenvalue weighted by Gasteiger charge is -2.10. The lowest BCUT2D eigenvalue weighted by molar-refractivity contribution is 0.0968. The van der Waals surface area contributed by atoms with Crippen molar-refractivity contribution in [1.29, 1.82) is 0 Å². The van der Waals surface area contributed by atoms with Crippen molar-refractivity contribution in [3.05, 3.63) is 32.4 Å². The van der Waals surface area contributed by atoms with Crippen LogP contribution in [0.15, 0.2) is 6.07 Å². The molecule has 0 amide bonds. The molecule has 1 N–H and O–H groups in total. The maximum Gasteiger partial charge on any atom is 0.179 e. The van der Waals surface area contributed by atoms with Crippen molar-refractivity contribution in [1.82, 2.24) is 4.98 Å². The van der Waals surface area contributed by atoms with E-state index in [0.717, 1.165) is 23.8 Å². The number of ketones is 1. The Hall–Kier alpha value is -0.700. The highest BCUT2D eigenvalue weighted by atomic mass is 35.5. The molecular formula is C12H8Cl3NO. The van der Waals surface area contributed by atoms with Gasteiger partial charge in [-0.15, -0.1) is 0 Å². The summed E-state index contributed by atoms with van der Waals surface area (Å²) in [4.78, 5) is 14.9. The summed E-state index contributed by atoms with van der Waals surface area (Å²) >= 11 is 18.3. The normalized spacial score (nSPS) is 15.4. The first-order valence-corrected chi connectivity index (χ1v) is 6.44. The van der Waals surface area contributed by atoms with Gasteiger partial charge in [-0.3, -0.25) is 4.79 Å². The van der Waals surface area contributed by atoms with Gasteiger partial charge >= 0.3 is 0 Å². The molecule has 1 aliphatic carbocycles. The summed E-state index contributed by atoms with van der Waals surface area (Å²) in [5.74, 6) is 0.116. The van der Waals surface area contributed by atoms with E-state index in [1.807, 2.05) is 0 Å². The van der Waals surface area contributed by atoms with Crippen molar-refractivity contribution in [2.24, 2.45) is 0 Å². The lowest BCUT2D eigenvalue weighted by atomic mass is 9.95. The first kappa shape index (κ1) is 11.4. The van der Waals surface area contributed by atoms with E-state index in [1.54, 1.807) is 6.07 Å². The van der Waals surface area contributed by atoms with Gasteiger partial charge in [0.15, 0.2) is 5.78 Å². The van der Waals surface area contributed by atoms with Crippen LogP contribution in [0.2, 0.25) is 15.1 Å². The molecule has 0 radical (unpaired) electrons. The third kappa shape index (κ3) is 1.59. The third-order valence-electron chi connectivity index (χ3n) is 3.13. The lowest BCUT2D eigenvalue weighted by Crippen LogP contribution is -2.09. The van der Waals surface area contributed by atoms with E-state index >= 15 is 0 Å². The Morgan fingerprint density at radius 2 is 1.88 bits per heavy atom. The van der Waals surface area contributed by atoms with E-state index in [-0.39, 0.29) is 5.78 Å². The largest absolute Gasteiger partial charge is 0.351 e. The van der Waals surface area contributed by atoms with Crippen LogP contribution >= 0.6 is 34.8 Å². The molecule has 2 aromatic rings. The highest BCUT2D eigenvalue weighted by molar-refractivity contribution is 6.48. The molecule has 1 heterocycles. The van der Waals surface area contributed by atoms with Gasteiger partial charge in [0.1, 0.15) is 0 Å². The predicted molar refractivity (Wildman–Crippen MR) is 70.6 cm³/mol. The molecule has 88 valence electrons. The molecule has 1 aliphatic rings. The highest BCUT2D eigenvalue weighted by Gasteiger charge is 2.25. The van der Waals surface area contributed by atoms with Gasteiger partial charge in [0.2, 0.25) is 0 Å². The van der Waals surface area contributed by atoms with Crippen LogP contribution in [0.4, 0.5) is 0 Å². The molecular weight excluding hydrogens is 280 g/mol. The maximum atomic E-state index is 11.8. The number of rotatable bonds is 0. The Kier molecular flexibility index (Phi) is 2.62. The van der Waals surface area contributed by atoms with Gasteiger partial charge in [-0.05, 0) is 24.5 Å². The zero-order chi connectivity index (χ0) is 12.2. The molecule has 0 aliphatic heterocycles. The topological polar surface area (TPSA) is 32.9 Å². The number of hydrogen-bond donors (Lipinski definition) is 1. The van der Waals surface area contributed by atoms with Crippen LogP contribution < -0.4 is 0 Å². The fraction of sp³-hybridized carbons (Fsp3) is 0.250. The number of H-pyrrole nitrogens is 1. The SMILES string of the molecule is O=C1CCCc2c1[nH]c1c(Cl)cc(Cl)c(Cl)c21. The number of aromatic amines is 1. The number of benzene rings is 1. The molecule has 2 nitrogen and oxygen atoms in total. The van der Waals surface area contributed by atoms with E-state index in [9.17, 15) is 4.79 Å². The summed E-state index contributed by atoms with van der Waals surface area (Å²) in [7, 11) is 0. The standard InChI is InChI=1S/C12H8Cl3NO/c13-6-4-7(14)12-9(10(6)15)5-2-1-3-8(17)11(5)16-12/h4,16H,1-3H2. The number of hydrogen-bond acceptors (Lipinski definition) is 1. The van der Waals surface area contributed by atoms with E-state index in [0.29, 0.717) is 32.7 Å². The summed E-state index contributed by atoms with van der Waals surface area (Å²) in [5, 5.41) is 2.19. The van der Waals surface area contributed by atoms with Crippen LogP contribution in [0.1, 0.15) is 28.9 Å². The van der Waals surface area contributed by atoms with E-state index in [4.69, 9.17) is 34.8 Å². The molecule has 17 heavy (non-hydrogen) atoms. The summed E-state index contributed by atoms with van der Waals surface area (Å²) in [6.07, 6.45) is 2.25. The van der Waals surface area contributed by atoms with Gasteiger partial charge in [0.25, 0.3) is 0 Å². The minimum atomic E-state index is 0.116. The van der Waals surface area contributed by atoms with Crippen LogP contribution in [0, 0.1) is 0 Å². The van der Waals surface area contributed by atoms with Gasteiger partial charge in [0, 0.05) is 11.8 Å². The van der Waals surface area contributed by atoms with Crippen LogP contribution in [0.3, 0.4) is 0 Å². The number of carbonyl (C=O) groups is 1. The number of carbonyl (C=O) groups excluding carboxylic acids is 1. The Bertz CT molecular complexity index is 645. The second kappa shape index (κ2) is 3.91. The second-order valence-electron chi connectivity index (χ2n) is 4.16. The van der Waals surface area contributed by atoms with Crippen molar-refractivity contribution in [3.63, 3.8) is 0 Å². The molecule has 0 unspecified atom stereocenters. The maximum absolute atomic E-state index is 11.8. The van der Waals surface area contributed by atoms with E-state index < -0.39 is 0 Å². The minimum absolute atomic E-state index is 0.116. The van der Waals surface area contributed by atoms with Crippen LogP contribution in [-0.4, -0.2) is 10.8 Å². The first-order valence-electron chi connectivity index (χ1n) is 5.31. The quantitative estimate of drug-likeness (QED) is 0.703. The van der Waals surface area contributed by atoms with Gasteiger partial charge in [0.05, 0.1) is 26.3 Å². The van der Waals surface area contributed by atoms with Crippen molar-refractivity contribution in [2.45, 2.75) is 19.3 Å². The molecule has 3 rings (SSSR count). The summed E-state index contributed by atoms with van der Waals surface area (Å²) in [6.45, 7) is 0. The Morgan fingerprint density at radius 3 is 2.65 bits per heavy atom. The van der Waals surface area contributed by atoms with Crippen molar-refractivity contribution < 1.29 is 4.79 Å². The Labute approximate surface area is 113 Å². The summed E-state index contributed by atoms with van der Waals surface area (Å²) in [5.41, 5.74) is 2.30. The van der Waals surface area contributed by atoms with Crippen molar-refractivity contribution >= 4 is 51.5 Å². The Morgan fingerprint density at radius 1 is 1.12 bits per heavy atom. The van der Waals surface area contributed by atoms with Gasteiger partial charge in [-0.2, -0.15) is 0 Å². The molecule has 5 heteroatoms. The van der Waals surface area contributed by atoms with E-state index in [1.165, 1.54) is 0 Å². The molecule has 0 saturated carbocycles. The van der Waals surface area contributed by atoms with Crippen molar-refractivity contribution in [2.75, 3.05) is 0 Å². The highest BCUT2D eigenvalue weighted by Crippen LogP contribution is 2.40. The van der Waals surface area contributed by atoms with Gasteiger partial charge in [-0.25, -0.2) is 0 Å². The van der Waals surface area contributed by atoms with Crippen molar-refractivity contribution in [3.8, 4) is 0 Å². The van der Waals surface area contributed by atoms with Crippen LogP contribution in [0.5, 0.6) is 0 Å². The molecule has 0 atom stereocenters. The van der Waals surface area contributed by atoms with Crippen LogP contribution in [0.25, 0.3) is 10.9 Å². The molecule has 0 fully saturated rings. The first-order chi connectivity index (χ1) is 8.09. The summed E-state index contributed by atoms with van der Waals surface area (Å²) < 4.78 is 0. The fourth-order valence-electron chi connectivity index (χ4n) is 2.37. The fourth-order valence-corrected chi connectivity index (χ4v) is 3.14. The molecule has 0 saturated heterocycles. The number of aryl methyl sites for hydroxylation is 1. The number of fused-ring (bicyclic) bond motifs is 3. The molecule has 1 aromatic carbocycles. The Balaban J connectivity index is 2.47. The third-order valence-corrected chi connectivity index (χ3v) is 4.22. The van der Waals surface area contributed by atoms with Gasteiger partial charge in [-0.1, -0.05) is 34.8 Å². The smallest absolute Gasteiger partial charge is 0.179 e.